The molecule has 1 aliphatic rings. The lowest BCUT2D eigenvalue weighted by atomic mass is 9.93. The molecule has 0 fully saturated rings. The van der Waals surface area contributed by atoms with E-state index in [0.29, 0.717) is 0 Å². The molecule has 1 heterocycles. The van der Waals surface area contributed by atoms with Gasteiger partial charge < -0.3 is 4.90 Å². The molecule has 0 saturated carbocycles. The fraction of sp³-hybridized carbons (Fsp3) is 0.208. The van der Waals surface area contributed by atoms with Crippen LogP contribution in [0.1, 0.15) is 30.5 Å². The third-order valence-corrected chi connectivity index (χ3v) is 4.68. The summed E-state index contributed by atoms with van der Waals surface area (Å²) in [5, 5.41) is 0. The molecule has 2 aromatic carbocycles. The Kier molecular flexibility index (Phi) is 5.52. The largest absolute Gasteiger partial charge is 0.360 e. The van der Waals surface area contributed by atoms with Crippen molar-refractivity contribution in [1.82, 2.24) is 0 Å². The van der Waals surface area contributed by atoms with Crippen molar-refractivity contribution < 1.29 is 0 Å². The van der Waals surface area contributed by atoms with Gasteiger partial charge >= 0.3 is 0 Å². The van der Waals surface area contributed by atoms with Gasteiger partial charge in [0.1, 0.15) is 0 Å². The maximum atomic E-state index is 5.07. The molecule has 26 heavy (non-hydrogen) atoms. The fourth-order valence-electron chi connectivity index (χ4n) is 3.43. The molecule has 1 atom stereocenters. The molecule has 2 nitrogen and oxygen atoms in total. The van der Waals surface area contributed by atoms with Crippen molar-refractivity contribution in [2.24, 2.45) is 4.99 Å². The summed E-state index contributed by atoms with van der Waals surface area (Å²) in [4.78, 5) is 7.42. The second-order valence-electron chi connectivity index (χ2n) is 6.83. The number of hydrogen-bond donors (Lipinski definition) is 0. The van der Waals surface area contributed by atoms with Gasteiger partial charge in [0.15, 0.2) is 0 Å². The summed E-state index contributed by atoms with van der Waals surface area (Å²) in [7, 11) is 2.16. The maximum absolute atomic E-state index is 5.07. The van der Waals surface area contributed by atoms with Gasteiger partial charge in [0, 0.05) is 19.2 Å². The molecule has 0 aliphatic carbocycles. The van der Waals surface area contributed by atoms with Crippen LogP contribution in [0.2, 0.25) is 0 Å². The van der Waals surface area contributed by atoms with E-state index in [2.05, 4.69) is 87.0 Å². The number of fused-ring (bicyclic) bond motifs is 1. The first-order chi connectivity index (χ1) is 12.6. The number of hydrogen-bond acceptors (Lipinski definition) is 2. The van der Waals surface area contributed by atoms with Crippen molar-refractivity contribution in [3.8, 4) is 0 Å². The zero-order valence-electron chi connectivity index (χ0n) is 15.8. The van der Waals surface area contributed by atoms with Crippen LogP contribution in [0.15, 0.2) is 90.0 Å². The van der Waals surface area contributed by atoms with Gasteiger partial charge in [-0.15, -0.1) is 0 Å². The highest BCUT2D eigenvalue weighted by molar-refractivity contribution is 6.00. The Hall–Kier alpha value is -2.87. The molecular formula is C24H26N2. The summed E-state index contributed by atoms with van der Waals surface area (Å²) in [6.07, 6.45) is 8.76. The lowest BCUT2D eigenvalue weighted by molar-refractivity contribution is 0.819. The summed E-state index contributed by atoms with van der Waals surface area (Å²) >= 11 is 0. The van der Waals surface area contributed by atoms with E-state index in [1.54, 1.807) is 6.08 Å². The number of aryl methyl sites for hydroxylation is 1. The second kappa shape index (κ2) is 8.01. The highest BCUT2D eigenvalue weighted by atomic mass is 15.2. The van der Waals surface area contributed by atoms with E-state index < -0.39 is 0 Å². The third kappa shape index (κ3) is 3.85. The molecule has 0 amide bonds. The molecule has 132 valence electrons. The first-order valence-corrected chi connectivity index (χ1v) is 9.01. The van der Waals surface area contributed by atoms with Crippen LogP contribution in [0, 0.1) is 6.92 Å². The predicted molar refractivity (Wildman–Crippen MR) is 114 cm³/mol. The quantitative estimate of drug-likeness (QED) is 0.579. The van der Waals surface area contributed by atoms with E-state index in [9.17, 15) is 0 Å². The zero-order chi connectivity index (χ0) is 18.5. The molecule has 0 saturated heterocycles. The van der Waals surface area contributed by atoms with Gasteiger partial charge in [-0.2, -0.15) is 0 Å². The van der Waals surface area contributed by atoms with E-state index in [1.165, 1.54) is 28.1 Å². The maximum Gasteiger partial charge on any atom is 0.0928 e. The van der Waals surface area contributed by atoms with Gasteiger partial charge in [-0.1, -0.05) is 72.9 Å². The minimum atomic E-state index is 0.151. The van der Waals surface area contributed by atoms with Crippen LogP contribution < -0.4 is 4.90 Å². The highest BCUT2D eigenvalue weighted by Crippen LogP contribution is 2.41. The monoisotopic (exact) mass is 342 g/mol. The molecule has 3 rings (SSSR count). The third-order valence-electron chi connectivity index (χ3n) is 4.68. The van der Waals surface area contributed by atoms with Crippen molar-refractivity contribution in [2.75, 3.05) is 11.9 Å². The first kappa shape index (κ1) is 17.9. The Balaban J connectivity index is 2.04. The van der Waals surface area contributed by atoms with Crippen LogP contribution in [0.3, 0.4) is 0 Å². The Morgan fingerprint density at radius 3 is 2.65 bits per heavy atom. The summed E-state index contributed by atoms with van der Waals surface area (Å²) in [6.45, 7) is 7.99. The van der Waals surface area contributed by atoms with Crippen LogP contribution in [-0.4, -0.2) is 12.8 Å². The van der Waals surface area contributed by atoms with Gasteiger partial charge in [0.25, 0.3) is 0 Å². The van der Waals surface area contributed by atoms with Gasteiger partial charge in [0.2, 0.25) is 0 Å². The number of allylic oxidation sites excluding steroid dienone is 5. The van der Waals surface area contributed by atoms with Crippen molar-refractivity contribution in [2.45, 2.75) is 26.3 Å². The van der Waals surface area contributed by atoms with E-state index in [4.69, 9.17) is 4.99 Å². The van der Waals surface area contributed by atoms with Gasteiger partial charge in [0.05, 0.1) is 17.4 Å². The molecule has 1 aliphatic heterocycles. The summed E-state index contributed by atoms with van der Waals surface area (Å²) in [6, 6.07) is 17.3. The van der Waals surface area contributed by atoms with Crippen molar-refractivity contribution in [3.05, 3.63) is 96.1 Å². The molecule has 2 aromatic rings. The number of nitrogens with zero attached hydrogens (tertiary/aromatic N) is 2. The van der Waals surface area contributed by atoms with Gasteiger partial charge in [-0.05, 0) is 37.1 Å². The molecule has 0 bridgehead atoms. The molecule has 0 radical (unpaired) electrons. The van der Waals surface area contributed by atoms with Crippen LogP contribution in [-0.2, 0) is 0 Å². The van der Waals surface area contributed by atoms with E-state index in [1.807, 2.05) is 12.2 Å². The average Bonchev–Trinajstić information content (AvgIpc) is 2.62. The number of anilines is 1. The van der Waals surface area contributed by atoms with Crippen molar-refractivity contribution in [3.63, 3.8) is 0 Å². The summed E-state index contributed by atoms with van der Waals surface area (Å²) < 4.78 is 0. The lowest BCUT2D eigenvalue weighted by Crippen LogP contribution is -2.33. The Labute approximate surface area is 156 Å². The van der Waals surface area contributed by atoms with Gasteiger partial charge in [-0.25, -0.2) is 0 Å². The van der Waals surface area contributed by atoms with Crippen LogP contribution in [0.4, 0.5) is 11.4 Å². The second-order valence-corrected chi connectivity index (χ2v) is 6.83. The minimum absolute atomic E-state index is 0.151. The average molecular weight is 342 g/mol. The first-order valence-electron chi connectivity index (χ1n) is 9.01. The fourth-order valence-corrected chi connectivity index (χ4v) is 3.43. The Bertz CT molecular complexity index is 872. The van der Waals surface area contributed by atoms with E-state index >= 15 is 0 Å². The number of aliphatic imine (C=N–C) groups is 1. The predicted octanol–water partition coefficient (Wildman–Crippen LogP) is 6.34. The normalized spacial score (nSPS) is 17.2. The minimum Gasteiger partial charge on any atom is -0.360 e. The number of benzene rings is 2. The summed E-state index contributed by atoms with van der Waals surface area (Å²) in [5.74, 6) is 0. The molecule has 0 aromatic heterocycles. The van der Waals surface area contributed by atoms with Crippen molar-refractivity contribution >= 4 is 17.1 Å². The zero-order valence-corrected chi connectivity index (χ0v) is 15.8. The number of rotatable bonds is 5. The summed E-state index contributed by atoms with van der Waals surface area (Å²) in [5.41, 5.74) is 7.21. The molecular weight excluding hydrogens is 316 g/mol. The highest BCUT2D eigenvalue weighted by Gasteiger charge is 2.28. The molecule has 1 unspecified atom stereocenters. The lowest BCUT2D eigenvalue weighted by Gasteiger charge is -2.36. The SMILES string of the molecule is C=C/C=C\C=C(/C)CC1=Nc2cc(C)ccc2N(C)C1c1ccccc1. The Morgan fingerprint density at radius 1 is 1.15 bits per heavy atom. The van der Waals surface area contributed by atoms with Crippen LogP contribution >= 0.6 is 0 Å². The van der Waals surface area contributed by atoms with E-state index in [0.717, 1.165) is 12.1 Å². The molecule has 0 N–H and O–H groups in total. The molecule has 0 spiro atoms. The van der Waals surface area contributed by atoms with Crippen LogP contribution in [0.5, 0.6) is 0 Å². The molecule has 2 heteroatoms. The smallest absolute Gasteiger partial charge is 0.0928 e. The van der Waals surface area contributed by atoms with E-state index in [-0.39, 0.29) is 6.04 Å². The van der Waals surface area contributed by atoms with Crippen LogP contribution in [0.25, 0.3) is 0 Å². The standard InChI is InChI=1S/C24H26N2/c1-5-6-8-11-18(2)17-22-24(20-12-9-7-10-13-20)26(4)23-15-14-19(3)16-21(23)25-22/h5-16,24H,1,17H2,2-4H3/b8-6-,18-11+. The van der Waals surface area contributed by atoms with Crippen molar-refractivity contribution in [1.29, 1.82) is 0 Å². The Morgan fingerprint density at radius 2 is 1.92 bits per heavy atom. The topological polar surface area (TPSA) is 15.6 Å². The van der Waals surface area contributed by atoms with Gasteiger partial charge in [-0.3, -0.25) is 4.99 Å².